The van der Waals surface area contributed by atoms with Crippen molar-refractivity contribution in [1.82, 2.24) is 0 Å². The van der Waals surface area contributed by atoms with Crippen LogP contribution in [0.4, 0.5) is 0 Å². The second kappa shape index (κ2) is 7.14. The molecule has 0 saturated heterocycles. The van der Waals surface area contributed by atoms with E-state index in [0.717, 1.165) is 0 Å². The van der Waals surface area contributed by atoms with Crippen LogP contribution in [0.2, 0.25) is 0 Å². The highest BCUT2D eigenvalue weighted by atomic mass is 14.4. The Morgan fingerprint density at radius 3 is 1.69 bits per heavy atom. The smallest absolute Gasteiger partial charge is 0.0140 e. The first-order valence-electron chi connectivity index (χ1n) is 6.94. The van der Waals surface area contributed by atoms with Crippen LogP contribution in [-0.2, 0) is 0 Å². The van der Waals surface area contributed by atoms with Crippen molar-refractivity contribution >= 4 is 0 Å². The maximum atomic E-state index is 4.21. The van der Waals surface area contributed by atoms with E-state index in [1.54, 1.807) is 0 Å². The van der Waals surface area contributed by atoms with E-state index < -0.39 is 0 Å². The van der Waals surface area contributed by atoms with Gasteiger partial charge in [0, 0.05) is 0 Å². The number of hydrogen-bond acceptors (Lipinski definition) is 0. The van der Waals surface area contributed by atoms with Gasteiger partial charge < -0.3 is 0 Å². The Morgan fingerprint density at radius 1 is 1.00 bits per heavy atom. The molecule has 0 radical (unpaired) electrons. The molecule has 0 aliphatic heterocycles. The van der Waals surface area contributed by atoms with Gasteiger partial charge in [0.05, 0.1) is 0 Å². The van der Waals surface area contributed by atoms with Gasteiger partial charge in [-0.25, -0.2) is 0 Å². The van der Waals surface area contributed by atoms with Crippen LogP contribution in [0, 0.1) is 16.7 Å². The molecule has 1 unspecified atom stereocenters. The average molecular weight is 226 g/mol. The molecule has 1 atom stereocenters. The quantitative estimate of drug-likeness (QED) is 0.439. The second-order valence-electron chi connectivity index (χ2n) is 5.86. The van der Waals surface area contributed by atoms with Crippen LogP contribution in [0.15, 0.2) is 12.2 Å². The summed E-state index contributed by atoms with van der Waals surface area (Å²) in [5, 5.41) is 0. The van der Waals surface area contributed by atoms with E-state index in [0.29, 0.717) is 16.7 Å². The number of allylic oxidation sites excluding steroid dienone is 1. The molecule has 1 saturated carbocycles. The lowest BCUT2D eigenvalue weighted by Crippen LogP contribution is -2.34. The molecule has 0 amide bonds. The lowest BCUT2D eigenvalue weighted by Gasteiger charge is -2.45. The summed E-state index contributed by atoms with van der Waals surface area (Å²) in [6, 6.07) is 0. The maximum absolute atomic E-state index is 4.21. The fourth-order valence-electron chi connectivity index (χ4n) is 3.00. The SMILES string of the molecule is C=C1C(C)CC(C)(C)CC1(C)C.CC.CC. The fourth-order valence-corrected chi connectivity index (χ4v) is 3.00. The van der Waals surface area contributed by atoms with E-state index in [1.807, 2.05) is 27.7 Å². The van der Waals surface area contributed by atoms with Crippen LogP contribution in [0.25, 0.3) is 0 Å². The van der Waals surface area contributed by atoms with Crippen molar-refractivity contribution in [2.45, 2.75) is 75.2 Å². The van der Waals surface area contributed by atoms with Crippen LogP contribution in [0.3, 0.4) is 0 Å². The Bertz CT molecular complexity index is 196. The normalized spacial score (nSPS) is 25.8. The topological polar surface area (TPSA) is 0 Å². The monoisotopic (exact) mass is 226 g/mol. The van der Waals surface area contributed by atoms with Crippen molar-refractivity contribution < 1.29 is 0 Å². The van der Waals surface area contributed by atoms with E-state index >= 15 is 0 Å². The van der Waals surface area contributed by atoms with E-state index in [4.69, 9.17) is 0 Å². The number of rotatable bonds is 0. The molecule has 0 aromatic carbocycles. The van der Waals surface area contributed by atoms with Gasteiger partial charge in [0.2, 0.25) is 0 Å². The third-order valence-electron chi connectivity index (χ3n) is 3.24. The third-order valence-corrected chi connectivity index (χ3v) is 3.24. The molecule has 1 aliphatic rings. The predicted octanol–water partition coefficient (Wildman–Crippen LogP) is 6.08. The molecular formula is C16H34. The zero-order chi connectivity index (χ0) is 13.6. The van der Waals surface area contributed by atoms with Crippen molar-refractivity contribution in [2.24, 2.45) is 16.7 Å². The summed E-state index contributed by atoms with van der Waals surface area (Å²) in [7, 11) is 0. The maximum Gasteiger partial charge on any atom is -0.0140 e. The molecule has 0 heterocycles. The van der Waals surface area contributed by atoms with E-state index in [9.17, 15) is 0 Å². The van der Waals surface area contributed by atoms with Crippen LogP contribution < -0.4 is 0 Å². The van der Waals surface area contributed by atoms with Gasteiger partial charge in [-0.05, 0) is 29.6 Å². The van der Waals surface area contributed by atoms with Crippen molar-refractivity contribution in [3.63, 3.8) is 0 Å². The number of hydrogen-bond donors (Lipinski definition) is 0. The van der Waals surface area contributed by atoms with Crippen molar-refractivity contribution in [3.05, 3.63) is 12.2 Å². The summed E-state index contributed by atoms with van der Waals surface area (Å²) < 4.78 is 0. The summed E-state index contributed by atoms with van der Waals surface area (Å²) in [5.41, 5.74) is 2.30. The summed E-state index contributed by atoms with van der Waals surface area (Å²) >= 11 is 0. The lowest BCUT2D eigenvalue weighted by molar-refractivity contribution is 0.137. The van der Waals surface area contributed by atoms with Crippen LogP contribution in [0.5, 0.6) is 0 Å². The average Bonchev–Trinajstić information content (AvgIpc) is 2.18. The third kappa shape index (κ3) is 5.18. The molecule has 0 spiro atoms. The first-order chi connectivity index (χ1) is 7.25. The van der Waals surface area contributed by atoms with Gasteiger partial charge in [-0.2, -0.15) is 0 Å². The Balaban J connectivity index is 0. The van der Waals surface area contributed by atoms with E-state index in [1.165, 1.54) is 18.4 Å². The van der Waals surface area contributed by atoms with Gasteiger partial charge in [0.1, 0.15) is 0 Å². The molecule has 1 fully saturated rings. The van der Waals surface area contributed by atoms with Crippen LogP contribution in [-0.4, -0.2) is 0 Å². The minimum atomic E-state index is 0.348. The molecule has 0 heteroatoms. The molecule has 1 rings (SSSR count). The molecule has 1 aliphatic carbocycles. The van der Waals surface area contributed by atoms with E-state index in [2.05, 4.69) is 41.2 Å². The summed E-state index contributed by atoms with van der Waals surface area (Å²) in [6.45, 7) is 23.9. The lowest BCUT2D eigenvalue weighted by atomic mass is 9.60. The minimum Gasteiger partial charge on any atom is -0.0990 e. The van der Waals surface area contributed by atoms with Crippen molar-refractivity contribution in [2.75, 3.05) is 0 Å². The molecule has 0 aromatic heterocycles. The Morgan fingerprint density at radius 2 is 1.38 bits per heavy atom. The summed E-state index contributed by atoms with van der Waals surface area (Å²) in [4.78, 5) is 0. The molecule has 0 N–H and O–H groups in total. The first kappa shape index (κ1) is 18.1. The van der Waals surface area contributed by atoms with Gasteiger partial charge in [-0.3, -0.25) is 0 Å². The zero-order valence-corrected chi connectivity index (χ0v) is 13.2. The molecule has 0 bridgehead atoms. The fraction of sp³-hybridized carbons (Fsp3) is 0.875. The van der Waals surface area contributed by atoms with Crippen LogP contribution >= 0.6 is 0 Å². The first-order valence-corrected chi connectivity index (χ1v) is 6.94. The minimum absolute atomic E-state index is 0.348. The van der Waals surface area contributed by atoms with E-state index in [-0.39, 0.29) is 0 Å². The van der Waals surface area contributed by atoms with Gasteiger partial charge in [-0.15, -0.1) is 0 Å². The molecule has 98 valence electrons. The molecule has 16 heavy (non-hydrogen) atoms. The second-order valence-corrected chi connectivity index (χ2v) is 5.86. The standard InChI is InChI=1S/C12H22.2C2H6/c1-9-7-11(3,4)8-12(5,6)10(9)2;2*1-2/h9H,2,7-8H2,1,3-6H3;2*1-2H3. The van der Waals surface area contributed by atoms with Crippen molar-refractivity contribution in [3.8, 4) is 0 Å². The summed E-state index contributed by atoms with van der Waals surface area (Å²) in [5.74, 6) is 0.698. The summed E-state index contributed by atoms with van der Waals surface area (Å²) in [6.07, 6.45) is 2.58. The molecular weight excluding hydrogens is 192 g/mol. The Kier molecular flexibility index (Phi) is 8.09. The van der Waals surface area contributed by atoms with Crippen molar-refractivity contribution in [1.29, 1.82) is 0 Å². The van der Waals surface area contributed by atoms with Gasteiger partial charge in [0.15, 0.2) is 0 Å². The zero-order valence-electron chi connectivity index (χ0n) is 13.2. The van der Waals surface area contributed by atoms with Gasteiger partial charge >= 0.3 is 0 Å². The highest BCUT2D eigenvalue weighted by Crippen LogP contribution is 2.50. The highest BCUT2D eigenvalue weighted by molar-refractivity contribution is 5.15. The molecule has 0 aromatic rings. The Labute approximate surface area is 105 Å². The van der Waals surface area contributed by atoms with Gasteiger partial charge in [0.25, 0.3) is 0 Å². The van der Waals surface area contributed by atoms with Crippen LogP contribution in [0.1, 0.15) is 75.2 Å². The highest BCUT2D eigenvalue weighted by Gasteiger charge is 2.39. The molecule has 0 nitrogen and oxygen atoms in total. The largest absolute Gasteiger partial charge is 0.0990 e. The van der Waals surface area contributed by atoms with Gasteiger partial charge in [-0.1, -0.05) is 74.5 Å². The predicted molar refractivity (Wildman–Crippen MR) is 77.8 cm³/mol. The Hall–Kier alpha value is -0.260.